The molecule has 1 unspecified atom stereocenters. The minimum Gasteiger partial charge on any atom is -0.328 e. The largest absolute Gasteiger partial charge is 0.328 e. The Morgan fingerprint density at radius 1 is 0.879 bits per heavy atom. The summed E-state index contributed by atoms with van der Waals surface area (Å²) in [5.41, 5.74) is 4.46. The lowest BCUT2D eigenvalue weighted by atomic mass is 10.1. The van der Waals surface area contributed by atoms with Crippen molar-refractivity contribution in [1.29, 1.82) is 0 Å². The molecule has 2 heterocycles. The highest BCUT2D eigenvalue weighted by Gasteiger charge is 2.34. The van der Waals surface area contributed by atoms with Crippen molar-refractivity contribution in [3.63, 3.8) is 0 Å². The van der Waals surface area contributed by atoms with Crippen LogP contribution in [0.2, 0.25) is 0 Å². The molecule has 1 aromatic heterocycles. The number of amides is 1. The van der Waals surface area contributed by atoms with Crippen LogP contribution in [0.1, 0.15) is 88.4 Å². The van der Waals surface area contributed by atoms with Gasteiger partial charge in [0, 0.05) is 31.1 Å². The lowest BCUT2D eigenvalue weighted by Crippen LogP contribution is -2.24. The maximum atomic E-state index is 12.9. The van der Waals surface area contributed by atoms with Crippen molar-refractivity contribution >= 4 is 22.6 Å². The number of anilines is 1. The minimum absolute atomic E-state index is 0.143. The minimum atomic E-state index is 0.143. The van der Waals surface area contributed by atoms with Crippen LogP contribution >= 0.6 is 0 Å². The first kappa shape index (κ1) is 23.5. The SMILES string of the molecule is CCCCCCCCCCCn1c(C2CC(=O)N(c3ccc(C)cc3)C2)nc2ccccc21. The monoisotopic (exact) mass is 445 g/mol. The Bertz CT molecular complexity index is 1040. The van der Waals surface area contributed by atoms with E-state index in [4.69, 9.17) is 4.98 Å². The molecule has 0 N–H and O–H groups in total. The molecule has 176 valence electrons. The molecule has 1 atom stereocenters. The number of carbonyl (C=O) groups is 1. The number of rotatable bonds is 12. The molecule has 0 spiro atoms. The molecule has 1 saturated heterocycles. The third kappa shape index (κ3) is 5.85. The molecule has 33 heavy (non-hydrogen) atoms. The Labute approximate surface area is 199 Å². The van der Waals surface area contributed by atoms with Crippen LogP contribution in [0.15, 0.2) is 48.5 Å². The normalized spacial score (nSPS) is 16.2. The van der Waals surface area contributed by atoms with Crippen molar-refractivity contribution in [1.82, 2.24) is 9.55 Å². The number of aryl methyl sites for hydroxylation is 2. The molecule has 1 aliphatic rings. The molecule has 3 aromatic rings. The van der Waals surface area contributed by atoms with Crippen molar-refractivity contribution < 1.29 is 4.79 Å². The number of hydrogen-bond acceptors (Lipinski definition) is 2. The molecule has 0 aliphatic carbocycles. The van der Waals surface area contributed by atoms with E-state index in [0.29, 0.717) is 13.0 Å². The van der Waals surface area contributed by atoms with E-state index >= 15 is 0 Å². The van der Waals surface area contributed by atoms with Gasteiger partial charge in [0.25, 0.3) is 0 Å². The van der Waals surface area contributed by atoms with E-state index in [9.17, 15) is 4.79 Å². The van der Waals surface area contributed by atoms with E-state index in [1.54, 1.807) is 0 Å². The molecule has 4 heteroatoms. The van der Waals surface area contributed by atoms with Crippen LogP contribution < -0.4 is 4.90 Å². The van der Waals surface area contributed by atoms with E-state index in [2.05, 4.69) is 66.9 Å². The smallest absolute Gasteiger partial charge is 0.227 e. The second-order valence-corrected chi connectivity index (χ2v) is 9.68. The van der Waals surface area contributed by atoms with E-state index in [1.807, 2.05) is 4.90 Å². The van der Waals surface area contributed by atoms with Gasteiger partial charge in [-0.3, -0.25) is 4.79 Å². The van der Waals surface area contributed by atoms with Crippen LogP contribution in [0.4, 0.5) is 5.69 Å². The van der Waals surface area contributed by atoms with Crippen LogP contribution in [-0.2, 0) is 11.3 Å². The zero-order valence-electron chi connectivity index (χ0n) is 20.4. The van der Waals surface area contributed by atoms with Crippen LogP contribution in [-0.4, -0.2) is 22.0 Å². The molecule has 1 amide bonds. The fourth-order valence-electron chi connectivity index (χ4n) is 5.08. The van der Waals surface area contributed by atoms with Crippen molar-refractivity contribution in [2.24, 2.45) is 0 Å². The number of hydrogen-bond donors (Lipinski definition) is 0. The molecule has 1 fully saturated rings. The molecule has 1 aliphatic heterocycles. The fraction of sp³-hybridized carbons (Fsp3) is 0.517. The number of unbranched alkanes of at least 4 members (excludes halogenated alkanes) is 8. The van der Waals surface area contributed by atoms with Crippen molar-refractivity contribution in [3.8, 4) is 0 Å². The van der Waals surface area contributed by atoms with Gasteiger partial charge < -0.3 is 9.47 Å². The summed E-state index contributed by atoms with van der Waals surface area (Å²) in [7, 11) is 0. The maximum Gasteiger partial charge on any atom is 0.227 e. The lowest BCUT2D eigenvalue weighted by molar-refractivity contribution is -0.117. The summed E-state index contributed by atoms with van der Waals surface area (Å²) in [6, 6.07) is 16.7. The first-order valence-electron chi connectivity index (χ1n) is 13.0. The predicted octanol–water partition coefficient (Wildman–Crippen LogP) is 7.40. The molecular formula is C29H39N3O. The molecule has 2 aromatic carbocycles. The van der Waals surface area contributed by atoms with Crippen LogP contribution in [0.5, 0.6) is 0 Å². The molecular weight excluding hydrogens is 406 g/mol. The third-order valence-electron chi connectivity index (χ3n) is 7.01. The maximum absolute atomic E-state index is 12.9. The van der Waals surface area contributed by atoms with E-state index in [1.165, 1.54) is 68.9 Å². The van der Waals surface area contributed by atoms with Crippen LogP contribution in [0.25, 0.3) is 11.0 Å². The molecule has 0 bridgehead atoms. The van der Waals surface area contributed by atoms with Gasteiger partial charge in [0.15, 0.2) is 0 Å². The Hall–Kier alpha value is -2.62. The zero-order valence-corrected chi connectivity index (χ0v) is 20.4. The zero-order chi connectivity index (χ0) is 23.0. The van der Waals surface area contributed by atoms with Crippen LogP contribution in [0.3, 0.4) is 0 Å². The van der Waals surface area contributed by atoms with Gasteiger partial charge in [0.05, 0.1) is 11.0 Å². The summed E-state index contributed by atoms with van der Waals surface area (Å²) in [4.78, 5) is 19.8. The highest BCUT2D eigenvalue weighted by atomic mass is 16.2. The van der Waals surface area contributed by atoms with Gasteiger partial charge in [0.2, 0.25) is 5.91 Å². The highest BCUT2D eigenvalue weighted by Crippen LogP contribution is 2.33. The van der Waals surface area contributed by atoms with Gasteiger partial charge in [-0.2, -0.15) is 0 Å². The summed E-state index contributed by atoms with van der Waals surface area (Å²) in [6.45, 7) is 6.05. The van der Waals surface area contributed by atoms with Gasteiger partial charge in [-0.15, -0.1) is 0 Å². The summed E-state index contributed by atoms with van der Waals surface area (Å²) < 4.78 is 2.40. The Balaban J connectivity index is 1.40. The van der Waals surface area contributed by atoms with Gasteiger partial charge in [-0.1, -0.05) is 88.1 Å². The number of aromatic nitrogens is 2. The first-order valence-corrected chi connectivity index (χ1v) is 13.0. The lowest BCUT2D eigenvalue weighted by Gasteiger charge is -2.17. The number of nitrogens with zero attached hydrogens (tertiary/aromatic N) is 3. The second kappa shape index (κ2) is 11.5. The fourth-order valence-corrected chi connectivity index (χ4v) is 5.08. The third-order valence-corrected chi connectivity index (χ3v) is 7.01. The number of carbonyl (C=O) groups excluding carboxylic acids is 1. The quantitative estimate of drug-likeness (QED) is 0.272. The van der Waals surface area contributed by atoms with Crippen LogP contribution in [0, 0.1) is 6.92 Å². The highest BCUT2D eigenvalue weighted by molar-refractivity contribution is 5.96. The summed E-state index contributed by atoms with van der Waals surface area (Å²) in [5.74, 6) is 1.43. The Morgan fingerprint density at radius 2 is 1.55 bits per heavy atom. The Kier molecular flexibility index (Phi) is 8.20. The number of benzene rings is 2. The van der Waals surface area contributed by atoms with Crippen molar-refractivity contribution in [3.05, 3.63) is 59.9 Å². The standard InChI is InChI=1S/C29H39N3O/c1-3-4-5-6-7-8-9-10-13-20-31-27-15-12-11-14-26(27)30-29(31)24-21-28(33)32(22-24)25-18-16-23(2)17-19-25/h11-12,14-19,24H,3-10,13,20-22H2,1-2H3. The summed E-state index contributed by atoms with van der Waals surface area (Å²) in [6.07, 6.45) is 12.5. The van der Waals surface area contributed by atoms with E-state index < -0.39 is 0 Å². The Morgan fingerprint density at radius 3 is 2.27 bits per heavy atom. The number of imidazole rings is 1. The molecule has 4 nitrogen and oxygen atoms in total. The van der Waals surface area contributed by atoms with E-state index in [0.717, 1.165) is 23.6 Å². The summed E-state index contributed by atoms with van der Waals surface area (Å²) in [5, 5.41) is 0. The molecule has 0 radical (unpaired) electrons. The molecule has 4 rings (SSSR count). The predicted molar refractivity (Wildman–Crippen MR) is 138 cm³/mol. The average molecular weight is 446 g/mol. The van der Waals surface area contributed by atoms with E-state index in [-0.39, 0.29) is 11.8 Å². The van der Waals surface area contributed by atoms with Gasteiger partial charge in [-0.25, -0.2) is 4.98 Å². The van der Waals surface area contributed by atoms with Crippen molar-refractivity contribution in [2.45, 2.75) is 90.5 Å². The number of para-hydroxylation sites is 2. The van der Waals surface area contributed by atoms with Crippen molar-refractivity contribution in [2.75, 3.05) is 11.4 Å². The van der Waals surface area contributed by atoms with Gasteiger partial charge in [-0.05, 0) is 37.6 Å². The number of fused-ring (bicyclic) bond motifs is 1. The second-order valence-electron chi connectivity index (χ2n) is 9.68. The average Bonchev–Trinajstić information content (AvgIpc) is 3.39. The summed E-state index contributed by atoms with van der Waals surface area (Å²) >= 11 is 0. The van der Waals surface area contributed by atoms with Gasteiger partial charge in [0.1, 0.15) is 5.82 Å². The topological polar surface area (TPSA) is 38.1 Å². The first-order chi connectivity index (χ1) is 16.2. The molecule has 0 saturated carbocycles. The van der Waals surface area contributed by atoms with Gasteiger partial charge >= 0.3 is 0 Å².